The lowest BCUT2D eigenvalue weighted by Crippen LogP contribution is -2.38. The topological polar surface area (TPSA) is 96.5 Å². The number of H-pyrrole nitrogens is 1. The Bertz CT molecular complexity index is 915. The molecule has 0 atom stereocenters. The van der Waals surface area contributed by atoms with Crippen molar-refractivity contribution in [2.45, 2.75) is 19.9 Å². The minimum atomic E-state index is 0. The highest BCUT2D eigenvalue weighted by Crippen LogP contribution is 2.19. The van der Waals surface area contributed by atoms with Gasteiger partial charge in [-0.05, 0) is 49.7 Å². The van der Waals surface area contributed by atoms with Gasteiger partial charge < -0.3 is 20.1 Å². The molecule has 0 radical (unpaired) electrons. The van der Waals surface area contributed by atoms with Crippen LogP contribution in [0.4, 0.5) is 0 Å². The number of aromatic nitrogens is 3. The fourth-order valence-corrected chi connectivity index (χ4v) is 2.72. The summed E-state index contributed by atoms with van der Waals surface area (Å²) >= 11 is 0. The Morgan fingerprint density at radius 2 is 1.81 bits per heavy atom. The molecule has 0 unspecified atom stereocenters. The molecule has 0 bridgehead atoms. The molecular weight excluding hydrogens is 507 g/mol. The van der Waals surface area contributed by atoms with Gasteiger partial charge >= 0.3 is 0 Å². The molecule has 0 saturated carbocycles. The predicted octanol–water partition coefficient (Wildman–Crippen LogP) is 3.62. The first-order valence-corrected chi connectivity index (χ1v) is 10.0. The van der Waals surface area contributed by atoms with Gasteiger partial charge in [0.1, 0.15) is 23.9 Å². The van der Waals surface area contributed by atoms with Crippen LogP contribution in [-0.4, -0.2) is 47.9 Å². The van der Waals surface area contributed by atoms with Crippen LogP contribution in [0.5, 0.6) is 11.5 Å². The number of para-hydroxylation sites is 1. The molecule has 0 amide bonds. The second-order valence-corrected chi connectivity index (χ2v) is 6.47. The number of hydrogen-bond donors (Lipinski definition) is 3. The SMILES string of the molecule is CCNC(=NCc1nc(-c2ccc(OC)cc2)n[nH]1)NCCCOc1ccccc1.I. The van der Waals surface area contributed by atoms with Crippen molar-refractivity contribution in [3.63, 3.8) is 0 Å². The van der Waals surface area contributed by atoms with Crippen LogP contribution in [0.25, 0.3) is 11.4 Å². The van der Waals surface area contributed by atoms with E-state index < -0.39 is 0 Å². The number of hydrogen-bond acceptors (Lipinski definition) is 5. The number of ether oxygens (including phenoxy) is 2. The van der Waals surface area contributed by atoms with E-state index in [-0.39, 0.29) is 24.0 Å². The Kier molecular flexibility index (Phi) is 10.6. The first-order chi connectivity index (χ1) is 14.8. The summed E-state index contributed by atoms with van der Waals surface area (Å²) in [6, 6.07) is 17.4. The van der Waals surface area contributed by atoms with Crippen LogP contribution < -0.4 is 20.1 Å². The summed E-state index contributed by atoms with van der Waals surface area (Å²) in [6.07, 6.45) is 0.864. The van der Waals surface area contributed by atoms with E-state index in [0.717, 1.165) is 42.5 Å². The molecular formula is C22H29IN6O2. The van der Waals surface area contributed by atoms with Gasteiger partial charge in [0.05, 0.1) is 13.7 Å². The number of methoxy groups -OCH3 is 1. The van der Waals surface area contributed by atoms with Gasteiger partial charge in [-0.2, -0.15) is 5.10 Å². The van der Waals surface area contributed by atoms with Crippen molar-refractivity contribution in [2.75, 3.05) is 26.8 Å². The fraction of sp³-hybridized carbons (Fsp3) is 0.318. The van der Waals surface area contributed by atoms with Gasteiger partial charge in [0.25, 0.3) is 0 Å². The van der Waals surface area contributed by atoms with Crippen molar-refractivity contribution in [3.8, 4) is 22.9 Å². The number of benzene rings is 2. The van der Waals surface area contributed by atoms with E-state index in [1.165, 1.54) is 0 Å². The maximum absolute atomic E-state index is 5.70. The molecule has 0 aliphatic heterocycles. The lowest BCUT2D eigenvalue weighted by molar-refractivity contribution is 0.311. The zero-order valence-corrected chi connectivity index (χ0v) is 20.1. The van der Waals surface area contributed by atoms with Gasteiger partial charge in [-0.25, -0.2) is 9.98 Å². The van der Waals surface area contributed by atoms with Gasteiger partial charge in [0.15, 0.2) is 11.8 Å². The van der Waals surface area contributed by atoms with E-state index in [4.69, 9.17) is 9.47 Å². The molecule has 3 rings (SSSR count). The standard InChI is InChI=1S/C22H28N6O2.HI/c1-3-23-22(24-14-7-15-30-19-8-5-4-6-9-19)25-16-20-26-21(28-27-20)17-10-12-18(29-2)13-11-17;/h4-6,8-13H,3,7,14-16H2,1-2H3,(H2,23,24,25)(H,26,27,28);1H. The third kappa shape index (κ3) is 8.08. The summed E-state index contributed by atoms with van der Waals surface area (Å²) in [6.45, 7) is 4.61. The molecule has 8 nitrogen and oxygen atoms in total. The molecule has 0 aliphatic rings. The van der Waals surface area contributed by atoms with Crippen molar-refractivity contribution in [1.29, 1.82) is 0 Å². The molecule has 2 aromatic carbocycles. The van der Waals surface area contributed by atoms with Crippen molar-refractivity contribution in [1.82, 2.24) is 25.8 Å². The van der Waals surface area contributed by atoms with Gasteiger partial charge in [-0.1, -0.05) is 18.2 Å². The van der Waals surface area contributed by atoms with Crippen LogP contribution in [0.2, 0.25) is 0 Å². The molecule has 31 heavy (non-hydrogen) atoms. The number of aromatic amines is 1. The summed E-state index contributed by atoms with van der Waals surface area (Å²) in [7, 11) is 1.64. The first-order valence-electron chi connectivity index (χ1n) is 10.0. The molecule has 3 aromatic rings. The largest absolute Gasteiger partial charge is 0.497 e. The average Bonchev–Trinajstić information content (AvgIpc) is 3.27. The fourth-order valence-electron chi connectivity index (χ4n) is 2.72. The Hall–Kier alpha value is -2.82. The third-order valence-electron chi connectivity index (χ3n) is 4.24. The smallest absolute Gasteiger partial charge is 0.191 e. The molecule has 0 spiro atoms. The Morgan fingerprint density at radius 3 is 2.52 bits per heavy atom. The van der Waals surface area contributed by atoms with Crippen molar-refractivity contribution in [3.05, 3.63) is 60.4 Å². The van der Waals surface area contributed by atoms with Gasteiger partial charge in [0, 0.05) is 18.7 Å². The zero-order chi connectivity index (χ0) is 21.0. The highest BCUT2D eigenvalue weighted by atomic mass is 127. The summed E-state index contributed by atoms with van der Waals surface area (Å²) in [5.74, 6) is 3.76. The lowest BCUT2D eigenvalue weighted by Gasteiger charge is -2.11. The summed E-state index contributed by atoms with van der Waals surface area (Å²) in [5, 5.41) is 13.8. The number of aliphatic imine (C=N–C) groups is 1. The molecule has 0 saturated heterocycles. The van der Waals surface area contributed by atoms with Crippen molar-refractivity contribution < 1.29 is 9.47 Å². The summed E-state index contributed by atoms with van der Waals surface area (Å²) in [4.78, 5) is 9.10. The number of nitrogens with zero attached hydrogens (tertiary/aromatic N) is 3. The van der Waals surface area contributed by atoms with E-state index in [1.807, 2.05) is 61.5 Å². The van der Waals surface area contributed by atoms with Crippen LogP contribution in [0, 0.1) is 0 Å². The highest BCUT2D eigenvalue weighted by molar-refractivity contribution is 14.0. The van der Waals surface area contributed by atoms with Crippen LogP contribution in [-0.2, 0) is 6.54 Å². The second kappa shape index (κ2) is 13.5. The zero-order valence-electron chi connectivity index (χ0n) is 17.8. The predicted molar refractivity (Wildman–Crippen MR) is 133 cm³/mol. The van der Waals surface area contributed by atoms with Gasteiger partial charge in [0.2, 0.25) is 0 Å². The van der Waals surface area contributed by atoms with Gasteiger partial charge in [-0.3, -0.25) is 5.10 Å². The second-order valence-electron chi connectivity index (χ2n) is 6.47. The Balaban J connectivity index is 0.00000341. The Morgan fingerprint density at radius 1 is 1.03 bits per heavy atom. The maximum atomic E-state index is 5.70. The maximum Gasteiger partial charge on any atom is 0.191 e. The monoisotopic (exact) mass is 536 g/mol. The van der Waals surface area contributed by atoms with Crippen LogP contribution in [0.15, 0.2) is 59.6 Å². The average molecular weight is 536 g/mol. The van der Waals surface area contributed by atoms with Crippen molar-refractivity contribution in [2.24, 2.45) is 4.99 Å². The van der Waals surface area contributed by atoms with Crippen LogP contribution >= 0.6 is 24.0 Å². The number of rotatable bonds is 10. The molecule has 1 aromatic heterocycles. The van der Waals surface area contributed by atoms with E-state index in [1.54, 1.807) is 7.11 Å². The number of halogens is 1. The van der Waals surface area contributed by atoms with Crippen LogP contribution in [0.1, 0.15) is 19.2 Å². The molecule has 3 N–H and O–H groups in total. The van der Waals surface area contributed by atoms with Gasteiger partial charge in [-0.15, -0.1) is 24.0 Å². The minimum absolute atomic E-state index is 0. The molecule has 166 valence electrons. The first kappa shape index (κ1) is 24.4. The third-order valence-corrected chi connectivity index (χ3v) is 4.24. The normalized spacial score (nSPS) is 10.8. The summed E-state index contributed by atoms with van der Waals surface area (Å²) in [5.41, 5.74) is 0.922. The number of guanidine groups is 1. The quantitative estimate of drug-likeness (QED) is 0.159. The molecule has 1 heterocycles. The van der Waals surface area contributed by atoms with E-state index in [2.05, 4.69) is 30.8 Å². The van der Waals surface area contributed by atoms with E-state index in [9.17, 15) is 0 Å². The number of nitrogens with one attached hydrogen (secondary N) is 3. The summed E-state index contributed by atoms with van der Waals surface area (Å²) < 4.78 is 10.9. The lowest BCUT2D eigenvalue weighted by atomic mass is 10.2. The van der Waals surface area contributed by atoms with Crippen molar-refractivity contribution >= 4 is 29.9 Å². The highest BCUT2D eigenvalue weighted by Gasteiger charge is 2.06. The van der Waals surface area contributed by atoms with Crippen LogP contribution in [0.3, 0.4) is 0 Å². The van der Waals surface area contributed by atoms with E-state index in [0.29, 0.717) is 24.8 Å². The minimum Gasteiger partial charge on any atom is -0.497 e. The van der Waals surface area contributed by atoms with E-state index >= 15 is 0 Å². The molecule has 9 heteroatoms. The molecule has 0 aliphatic carbocycles. The Labute approximate surface area is 199 Å². The molecule has 0 fully saturated rings.